The van der Waals surface area contributed by atoms with Crippen LogP contribution in [-0.2, 0) is 32.6 Å². The average Bonchev–Trinajstić information content (AvgIpc) is 3.21. The number of rotatable bonds is 11. The number of carboxylic acids is 1. The zero-order chi connectivity index (χ0) is 29.0. The van der Waals surface area contributed by atoms with Gasteiger partial charge < -0.3 is 19.2 Å². The van der Waals surface area contributed by atoms with E-state index in [9.17, 15) is 14.7 Å². The Morgan fingerprint density at radius 1 is 1.02 bits per heavy atom. The number of benzene rings is 3. The molecule has 4 rings (SSSR count). The molecule has 8 heteroatoms. The molecule has 0 bridgehead atoms. The van der Waals surface area contributed by atoms with Crippen LogP contribution in [0.3, 0.4) is 0 Å². The van der Waals surface area contributed by atoms with Gasteiger partial charge >= 0.3 is 5.97 Å². The van der Waals surface area contributed by atoms with Crippen molar-refractivity contribution >= 4 is 36.8 Å². The predicted molar refractivity (Wildman–Crippen MR) is 162 cm³/mol. The number of likely N-dealkylation sites (tertiary alicyclic amines) is 1. The van der Waals surface area contributed by atoms with Crippen LogP contribution in [0.5, 0.6) is 5.75 Å². The maximum absolute atomic E-state index is 13.7. The molecule has 0 aromatic heterocycles. The molecule has 40 heavy (non-hydrogen) atoms. The summed E-state index contributed by atoms with van der Waals surface area (Å²) in [6.45, 7) is 9.62. The minimum absolute atomic E-state index is 0.141. The van der Waals surface area contributed by atoms with Gasteiger partial charge in [-0.15, -0.1) is 0 Å². The van der Waals surface area contributed by atoms with Crippen LogP contribution >= 0.6 is 15.9 Å². The fourth-order valence-electron chi connectivity index (χ4n) is 5.75. The van der Waals surface area contributed by atoms with Crippen molar-refractivity contribution in [3.05, 3.63) is 99.5 Å². The average molecular weight is 624 g/mol. The third kappa shape index (κ3) is 6.04. The smallest absolute Gasteiger partial charge is 0.317 e. The molecule has 1 N–H and O–H groups in total. The van der Waals surface area contributed by atoms with Crippen molar-refractivity contribution in [2.45, 2.75) is 69.8 Å². The molecule has 2 atom stereocenters. The van der Waals surface area contributed by atoms with E-state index in [1.807, 2.05) is 48.5 Å². The zero-order valence-electron chi connectivity index (χ0n) is 23.7. The van der Waals surface area contributed by atoms with Crippen LogP contribution in [0.4, 0.5) is 0 Å². The molecule has 0 unspecified atom stereocenters. The van der Waals surface area contributed by atoms with Gasteiger partial charge in [0.15, 0.2) is 0 Å². The van der Waals surface area contributed by atoms with Crippen LogP contribution in [-0.4, -0.2) is 38.0 Å². The van der Waals surface area contributed by atoms with Crippen molar-refractivity contribution in [3.8, 4) is 5.75 Å². The Balaban J connectivity index is 1.79. The Labute approximate surface area is 247 Å². The Kier molecular flexibility index (Phi) is 9.54. The number of methoxy groups -OCH3 is 1. The van der Waals surface area contributed by atoms with Gasteiger partial charge in [0, 0.05) is 17.4 Å². The molecule has 0 spiro atoms. The minimum Gasteiger partial charge on any atom is -0.497 e. The Hall–Kier alpha value is -2.94. The standard InChI is InChI=1S/C32H37BrNO5Si/c1-21(2)40(22(3)4)39-20-24-11-16-27(28(33)17-24)30-32(31(36)37,25-12-14-26(38-5)15-13-25)18-29(35)34(30)19-23-9-7-6-8-10-23/h6-17,21-22,30H,18-20H2,1-5H3,(H,36,37)/t30-,32-/m1/s1. The van der Waals surface area contributed by atoms with Gasteiger partial charge in [0.1, 0.15) is 11.2 Å². The highest BCUT2D eigenvalue weighted by molar-refractivity contribution is 9.10. The van der Waals surface area contributed by atoms with Gasteiger partial charge in [-0.2, -0.15) is 0 Å². The second-order valence-corrected chi connectivity index (χ2v) is 15.2. The van der Waals surface area contributed by atoms with Crippen molar-refractivity contribution in [1.29, 1.82) is 0 Å². The number of amides is 1. The summed E-state index contributed by atoms with van der Waals surface area (Å²) in [7, 11) is 0.578. The highest BCUT2D eigenvalue weighted by atomic mass is 79.9. The molecule has 6 nitrogen and oxygen atoms in total. The third-order valence-corrected chi connectivity index (χ3v) is 11.1. The van der Waals surface area contributed by atoms with Crippen LogP contribution < -0.4 is 4.74 Å². The minimum atomic E-state index is -1.48. The summed E-state index contributed by atoms with van der Waals surface area (Å²) in [5.41, 5.74) is 2.76. The molecule has 1 aliphatic heterocycles. The summed E-state index contributed by atoms with van der Waals surface area (Å²) in [5, 5.41) is 10.8. The fraction of sp³-hybridized carbons (Fsp3) is 0.375. The number of nitrogens with zero attached hydrogens (tertiary/aromatic N) is 1. The third-order valence-electron chi connectivity index (χ3n) is 7.61. The summed E-state index contributed by atoms with van der Waals surface area (Å²) < 4.78 is 12.4. The predicted octanol–water partition coefficient (Wildman–Crippen LogP) is 7.28. The first-order valence-corrected chi connectivity index (χ1v) is 15.9. The SMILES string of the molecule is COc1ccc([C@]2(C(=O)O)CC(=O)N(Cc3ccccc3)[C@@H]2c2ccc(CO[Si](C(C)C)C(C)C)cc2Br)cc1. The summed E-state index contributed by atoms with van der Waals surface area (Å²) >= 11 is 3.75. The molecule has 0 aliphatic carbocycles. The first-order chi connectivity index (χ1) is 19.1. The molecule has 1 heterocycles. The fourth-order valence-corrected chi connectivity index (χ4v) is 8.73. The van der Waals surface area contributed by atoms with Gasteiger partial charge in [-0.3, -0.25) is 9.59 Å². The first-order valence-electron chi connectivity index (χ1n) is 13.6. The van der Waals surface area contributed by atoms with Crippen molar-refractivity contribution in [1.82, 2.24) is 4.90 Å². The Morgan fingerprint density at radius 2 is 1.68 bits per heavy atom. The molecular weight excluding hydrogens is 586 g/mol. The van der Waals surface area contributed by atoms with E-state index in [0.717, 1.165) is 21.2 Å². The van der Waals surface area contributed by atoms with Gasteiger partial charge in [0.25, 0.3) is 0 Å². The van der Waals surface area contributed by atoms with Gasteiger partial charge in [-0.25, -0.2) is 0 Å². The maximum atomic E-state index is 13.7. The lowest BCUT2D eigenvalue weighted by molar-refractivity contribution is -0.145. The van der Waals surface area contributed by atoms with E-state index >= 15 is 0 Å². The largest absolute Gasteiger partial charge is 0.497 e. The van der Waals surface area contributed by atoms with Gasteiger partial charge in [0.2, 0.25) is 14.9 Å². The molecule has 1 radical (unpaired) electrons. The van der Waals surface area contributed by atoms with E-state index in [2.05, 4.69) is 43.6 Å². The number of carboxylic acid groups (broad SMARTS) is 1. The molecule has 211 valence electrons. The van der Waals surface area contributed by atoms with Gasteiger partial charge in [-0.1, -0.05) is 98.2 Å². The molecule has 3 aromatic rings. The topological polar surface area (TPSA) is 76.1 Å². The molecule has 1 fully saturated rings. The van der Waals surface area contributed by atoms with Crippen LogP contribution in [0.25, 0.3) is 0 Å². The van der Waals surface area contributed by atoms with E-state index in [1.54, 1.807) is 36.3 Å². The Morgan fingerprint density at radius 3 is 2.23 bits per heavy atom. The highest BCUT2D eigenvalue weighted by Crippen LogP contribution is 2.52. The zero-order valence-corrected chi connectivity index (χ0v) is 26.3. The van der Waals surface area contributed by atoms with E-state index in [1.165, 1.54) is 0 Å². The molecular formula is C32H37BrNO5Si. The monoisotopic (exact) mass is 622 g/mol. The van der Waals surface area contributed by atoms with Crippen LogP contribution in [0, 0.1) is 0 Å². The van der Waals surface area contributed by atoms with Gasteiger partial charge in [0.05, 0.1) is 19.8 Å². The maximum Gasteiger partial charge on any atom is 0.317 e. The number of carbonyl (C=O) groups excluding carboxylic acids is 1. The van der Waals surface area contributed by atoms with Gasteiger partial charge in [-0.05, 0) is 51.5 Å². The van der Waals surface area contributed by atoms with Crippen LogP contribution in [0.1, 0.15) is 62.4 Å². The molecule has 1 saturated heterocycles. The van der Waals surface area contributed by atoms with E-state index in [4.69, 9.17) is 9.16 Å². The normalized spacial score (nSPS) is 19.2. The number of halogens is 1. The van der Waals surface area contributed by atoms with E-state index < -0.39 is 26.5 Å². The summed E-state index contributed by atoms with van der Waals surface area (Å²) in [4.78, 5) is 28.6. The summed E-state index contributed by atoms with van der Waals surface area (Å²) in [6.07, 6.45) is -0.141. The summed E-state index contributed by atoms with van der Waals surface area (Å²) in [5.74, 6) is -0.611. The van der Waals surface area contributed by atoms with Crippen molar-refractivity contribution in [2.24, 2.45) is 0 Å². The quantitative estimate of drug-likeness (QED) is 0.227. The van der Waals surface area contributed by atoms with Crippen molar-refractivity contribution < 1.29 is 23.9 Å². The Bertz CT molecular complexity index is 1320. The van der Waals surface area contributed by atoms with Crippen LogP contribution in [0.15, 0.2) is 77.3 Å². The van der Waals surface area contributed by atoms with E-state index in [0.29, 0.717) is 35.5 Å². The van der Waals surface area contributed by atoms with Crippen molar-refractivity contribution in [2.75, 3.05) is 7.11 Å². The lowest BCUT2D eigenvalue weighted by atomic mass is 9.71. The lowest BCUT2D eigenvalue weighted by Crippen LogP contribution is -2.42. The number of ether oxygens (including phenoxy) is 1. The van der Waals surface area contributed by atoms with Crippen LogP contribution in [0.2, 0.25) is 11.1 Å². The highest BCUT2D eigenvalue weighted by Gasteiger charge is 2.59. The molecule has 0 saturated carbocycles. The van der Waals surface area contributed by atoms with Crippen molar-refractivity contribution in [3.63, 3.8) is 0 Å². The number of hydrogen-bond donors (Lipinski definition) is 1. The second-order valence-electron chi connectivity index (χ2n) is 10.9. The first kappa shape index (κ1) is 30.0. The number of aliphatic carboxylic acids is 1. The van der Waals surface area contributed by atoms with E-state index in [-0.39, 0.29) is 12.3 Å². The number of carbonyl (C=O) groups is 2. The number of hydrogen-bond acceptors (Lipinski definition) is 4. The molecule has 1 aliphatic rings. The summed E-state index contributed by atoms with van der Waals surface area (Å²) in [6, 6.07) is 21.9. The lowest BCUT2D eigenvalue weighted by Gasteiger charge is -2.36. The second kappa shape index (κ2) is 12.7. The molecule has 3 aromatic carbocycles. The molecule has 1 amide bonds.